The van der Waals surface area contributed by atoms with Crippen molar-refractivity contribution in [3.8, 4) is 5.75 Å². The number of benzene rings is 1. The average molecular weight is 371 g/mol. The van der Waals surface area contributed by atoms with E-state index < -0.39 is 23.8 Å². The Morgan fingerprint density at radius 3 is 2.40 bits per heavy atom. The Balaban J connectivity index is 1.97. The molecule has 134 valence electrons. The number of halogens is 3. The molecule has 1 aromatic heterocycles. The van der Waals surface area contributed by atoms with Gasteiger partial charge in [0.1, 0.15) is 10.8 Å². The van der Waals surface area contributed by atoms with Crippen LogP contribution in [0.5, 0.6) is 5.75 Å². The first-order valence-electron chi connectivity index (χ1n) is 7.44. The SMILES string of the molecule is CCOC(=O)C(C)Oc1ccc(Sc2ccc(C(F)(F)F)cn2)cc1. The van der Waals surface area contributed by atoms with Gasteiger partial charge in [0.15, 0.2) is 6.10 Å². The quantitative estimate of drug-likeness (QED) is 0.696. The first-order chi connectivity index (χ1) is 11.8. The molecule has 0 saturated carbocycles. The van der Waals surface area contributed by atoms with Crippen molar-refractivity contribution in [1.29, 1.82) is 0 Å². The Hall–Kier alpha value is -2.22. The van der Waals surface area contributed by atoms with Gasteiger partial charge in [0.05, 0.1) is 12.2 Å². The van der Waals surface area contributed by atoms with Gasteiger partial charge in [-0.3, -0.25) is 0 Å². The maximum Gasteiger partial charge on any atom is 0.417 e. The molecule has 0 aliphatic heterocycles. The summed E-state index contributed by atoms with van der Waals surface area (Å²) < 4.78 is 47.8. The topological polar surface area (TPSA) is 48.4 Å². The van der Waals surface area contributed by atoms with Crippen LogP contribution in [-0.2, 0) is 15.7 Å². The number of alkyl halides is 3. The van der Waals surface area contributed by atoms with Gasteiger partial charge in [-0.05, 0) is 50.2 Å². The van der Waals surface area contributed by atoms with Gasteiger partial charge in [-0.2, -0.15) is 13.2 Å². The van der Waals surface area contributed by atoms with Crippen LogP contribution in [0.15, 0.2) is 52.5 Å². The third-order valence-corrected chi connectivity index (χ3v) is 4.00. The predicted molar refractivity (Wildman–Crippen MR) is 86.5 cm³/mol. The Morgan fingerprint density at radius 2 is 1.88 bits per heavy atom. The van der Waals surface area contributed by atoms with Crippen molar-refractivity contribution in [3.05, 3.63) is 48.2 Å². The average Bonchev–Trinajstić information content (AvgIpc) is 2.56. The van der Waals surface area contributed by atoms with Gasteiger partial charge in [0.25, 0.3) is 0 Å². The van der Waals surface area contributed by atoms with Crippen molar-refractivity contribution >= 4 is 17.7 Å². The fourth-order valence-electron chi connectivity index (χ4n) is 1.83. The van der Waals surface area contributed by atoms with Crippen LogP contribution in [0.3, 0.4) is 0 Å². The minimum absolute atomic E-state index is 0.280. The molecule has 0 spiro atoms. The summed E-state index contributed by atoms with van der Waals surface area (Å²) in [5.41, 5.74) is -0.784. The molecule has 0 N–H and O–H groups in total. The van der Waals surface area contributed by atoms with Crippen LogP contribution in [0.1, 0.15) is 19.4 Å². The monoisotopic (exact) mass is 371 g/mol. The number of hydrogen-bond donors (Lipinski definition) is 0. The molecular formula is C17H16F3NO3S. The van der Waals surface area contributed by atoms with E-state index in [1.807, 2.05) is 0 Å². The number of ether oxygens (including phenoxy) is 2. The summed E-state index contributed by atoms with van der Waals surface area (Å²) in [6.45, 7) is 3.58. The van der Waals surface area contributed by atoms with Crippen LogP contribution in [0.25, 0.3) is 0 Å². The van der Waals surface area contributed by atoms with E-state index in [1.54, 1.807) is 38.1 Å². The molecule has 0 amide bonds. The third-order valence-electron chi connectivity index (χ3n) is 3.04. The number of aromatic nitrogens is 1. The zero-order valence-electron chi connectivity index (χ0n) is 13.5. The number of esters is 1. The van der Waals surface area contributed by atoms with Crippen molar-refractivity contribution in [2.24, 2.45) is 0 Å². The van der Waals surface area contributed by atoms with Crippen LogP contribution < -0.4 is 4.74 Å². The van der Waals surface area contributed by atoms with Gasteiger partial charge in [-0.25, -0.2) is 9.78 Å². The van der Waals surface area contributed by atoms with E-state index in [-0.39, 0.29) is 6.61 Å². The van der Waals surface area contributed by atoms with Gasteiger partial charge < -0.3 is 9.47 Å². The highest BCUT2D eigenvalue weighted by Crippen LogP contribution is 2.32. The summed E-state index contributed by atoms with van der Waals surface area (Å²) in [6.07, 6.45) is -4.32. The highest BCUT2D eigenvalue weighted by molar-refractivity contribution is 7.99. The summed E-state index contributed by atoms with van der Waals surface area (Å²) in [5, 5.41) is 0.446. The molecule has 1 aromatic carbocycles. The minimum atomic E-state index is -4.40. The molecule has 8 heteroatoms. The number of hydrogen-bond acceptors (Lipinski definition) is 5. The molecule has 25 heavy (non-hydrogen) atoms. The van der Waals surface area contributed by atoms with Gasteiger partial charge in [-0.15, -0.1) is 0 Å². The second-order valence-corrected chi connectivity index (χ2v) is 6.06. The molecule has 1 heterocycles. The zero-order valence-corrected chi connectivity index (χ0v) is 14.4. The normalized spacial score (nSPS) is 12.5. The van der Waals surface area contributed by atoms with E-state index in [0.29, 0.717) is 10.8 Å². The van der Waals surface area contributed by atoms with Gasteiger partial charge in [0.2, 0.25) is 0 Å². The van der Waals surface area contributed by atoms with Crippen LogP contribution in [0.4, 0.5) is 13.2 Å². The van der Waals surface area contributed by atoms with Gasteiger partial charge >= 0.3 is 12.1 Å². The maximum absolute atomic E-state index is 12.5. The van der Waals surface area contributed by atoms with Crippen LogP contribution in [-0.4, -0.2) is 23.7 Å². The van der Waals surface area contributed by atoms with Crippen LogP contribution in [0, 0.1) is 0 Å². The Kier molecular flexibility index (Phi) is 6.30. The number of rotatable bonds is 6. The second-order valence-electron chi connectivity index (χ2n) is 4.97. The lowest BCUT2D eigenvalue weighted by molar-refractivity contribution is -0.150. The van der Waals surface area contributed by atoms with Crippen LogP contribution >= 0.6 is 11.8 Å². The summed E-state index contributed by atoms with van der Waals surface area (Å²) in [7, 11) is 0. The highest BCUT2D eigenvalue weighted by atomic mass is 32.2. The summed E-state index contributed by atoms with van der Waals surface area (Å²) in [4.78, 5) is 16.1. The molecule has 0 aliphatic carbocycles. The number of carbonyl (C=O) groups excluding carboxylic acids is 1. The predicted octanol–water partition coefficient (Wildman–Crippen LogP) is 4.58. The second kappa shape index (κ2) is 8.24. The first-order valence-corrected chi connectivity index (χ1v) is 8.25. The molecule has 0 saturated heterocycles. The molecule has 2 aromatic rings. The molecule has 4 nitrogen and oxygen atoms in total. The largest absolute Gasteiger partial charge is 0.479 e. The molecule has 1 atom stereocenters. The summed E-state index contributed by atoms with van der Waals surface area (Å²) in [6, 6.07) is 9.12. The van der Waals surface area contributed by atoms with E-state index >= 15 is 0 Å². The summed E-state index contributed by atoms with van der Waals surface area (Å²) in [5.74, 6) is 0.0418. The fraction of sp³-hybridized carbons (Fsp3) is 0.294. The maximum atomic E-state index is 12.5. The zero-order chi connectivity index (χ0) is 18.4. The third kappa shape index (κ3) is 5.67. The lowest BCUT2D eigenvalue weighted by Gasteiger charge is -2.13. The van der Waals surface area contributed by atoms with Crippen LogP contribution in [0.2, 0.25) is 0 Å². The molecule has 1 unspecified atom stereocenters. The van der Waals surface area contributed by atoms with E-state index in [2.05, 4.69) is 4.98 Å². The highest BCUT2D eigenvalue weighted by Gasteiger charge is 2.30. The first kappa shape index (κ1) is 19.1. The number of pyridine rings is 1. The molecule has 0 bridgehead atoms. The molecule has 0 aliphatic rings. The Labute approximate surface area is 147 Å². The minimum Gasteiger partial charge on any atom is -0.479 e. The lowest BCUT2D eigenvalue weighted by atomic mass is 10.3. The standard InChI is InChI=1S/C17H16F3NO3S/c1-3-23-16(22)11(2)24-13-5-7-14(8-6-13)25-15-9-4-12(10-21-15)17(18,19)20/h4-11H,3H2,1-2H3. The van der Waals surface area contributed by atoms with Gasteiger partial charge in [-0.1, -0.05) is 11.8 Å². The van der Waals surface area contributed by atoms with Crippen molar-refractivity contribution < 1.29 is 27.4 Å². The number of carbonyl (C=O) groups is 1. The van der Waals surface area contributed by atoms with Gasteiger partial charge in [0, 0.05) is 11.1 Å². The molecular weight excluding hydrogens is 355 g/mol. The lowest BCUT2D eigenvalue weighted by Crippen LogP contribution is -2.25. The van der Waals surface area contributed by atoms with E-state index in [1.165, 1.54) is 17.8 Å². The molecule has 2 rings (SSSR count). The van der Waals surface area contributed by atoms with Crippen molar-refractivity contribution in [1.82, 2.24) is 4.98 Å². The molecule has 0 radical (unpaired) electrons. The van der Waals surface area contributed by atoms with E-state index in [4.69, 9.17) is 9.47 Å². The van der Waals surface area contributed by atoms with E-state index in [9.17, 15) is 18.0 Å². The van der Waals surface area contributed by atoms with Crippen molar-refractivity contribution in [2.75, 3.05) is 6.61 Å². The Bertz CT molecular complexity index is 703. The van der Waals surface area contributed by atoms with E-state index in [0.717, 1.165) is 17.2 Å². The van der Waals surface area contributed by atoms with Crippen molar-refractivity contribution in [3.63, 3.8) is 0 Å². The Morgan fingerprint density at radius 1 is 1.20 bits per heavy atom. The smallest absolute Gasteiger partial charge is 0.417 e. The van der Waals surface area contributed by atoms with Crippen molar-refractivity contribution in [2.45, 2.75) is 36.0 Å². The summed E-state index contributed by atoms with van der Waals surface area (Å²) >= 11 is 1.22. The fourth-order valence-corrected chi connectivity index (χ4v) is 2.58. The molecule has 0 fully saturated rings. The number of nitrogens with zero attached hydrogens (tertiary/aromatic N) is 1.